The van der Waals surface area contributed by atoms with Crippen molar-refractivity contribution >= 4 is 5.97 Å². The molecule has 0 bridgehead atoms. The fourth-order valence-corrected chi connectivity index (χ4v) is 3.37. The number of aryl methyl sites for hydroxylation is 2. The fraction of sp³-hybridized carbons (Fsp3) is 0.733. The molecule has 1 unspecified atom stereocenters. The molecule has 0 aromatic carbocycles. The largest absolute Gasteiger partial charge is 0.481 e. The number of hydrogen-bond donors (Lipinski definition) is 1. The average Bonchev–Trinajstić information content (AvgIpc) is 2.63. The van der Waals surface area contributed by atoms with E-state index in [4.69, 9.17) is 5.11 Å². The first-order valence-corrected chi connectivity index (χ1v) is 7.36. The summed E-state index contributed by atoms with van der Waals surface area (Å²) in [6.45, 7) is 8.37. The molecule has 5 heteroatoms. The Morgan fingerprint density at radius 2 is 2.00 bits per heavy atom. The Morgan fingerprint density at radius 1 is 1.40 bits per heavy atom. The lowest BCUT2D eigenvalue weighted by Crippen LogP contribution is -2.36. The molecule has 1 aliphatic heterocycles. The summed E-state index contributed by atoms with van der Waals surface area (Å²) in [6, 6.07) is 0.356. The predicted molar refractivity (Wildman–Crippen MR) is 77.6 cm³/mol. The molecular weight excluding hydrogens is 254 g/mol. The standard InChI is InChI=1S/C15H25N3O2/c1-10-15(11(2)17(4)16-10)12(3)18-7-5-13(6-8-18)9-14(19)20/h12-13H,5-9H2,1-4H3,(H,19,20). The predicted octanol–water partition coefficient (Wildman–Crippen LogP) is 2.28. The Morgan fingerprint density at radius 3 is 2.45 bits per heavy atom. The summed E-state index contributed by atoms with van der Waals surface area (Å²) >= 11 is 0. The number of hydrogen-bond acceptors (Lipinski definition) is 3. The number of rotatable bonds is 4. The minimum absolute atomic E-state index is 0.313. The van der Waals surface area contributed by atoms with Crippen LogP contribution in [0.5, 0.6) is 0 Å². The number of likely N-dealkylation sites (tertiary alicyclic amines) is 1. The van der Waals surface area contributed by atoms with Gasteiger partial charge < -0.3 is 5.11 Å². The van der Waals surface area contributed by atoms with Crippen LogP contribution in [0.1, 0.15) is 49.2 Å². The Kier molecular flexibility index (Phi) is 4.48. The van der Waals surface area contributed by atoms with Crippen LogP contribution in [0.3, 0.4) is 0 Å². The van der Waals surface area contributed by atoms with Crippen LogP contribution in [0.15, 0.2) is 0 Å². The van der Waals surface area contributed by atoms with Crippen molar-refractivity contribution < 1.29 is 9.90 Å². The van der Waals surface area contributed by atoms with Gasteiger partial charge in [-0.3, -0.25) is 14.4 Å². The van der Waals surface area contributed by atoms with Crippen molar-refractivity contribution in [3.63, 3.8) is 0 Å². The molecule has 1 saturated heterocycles. The molecule has 0 spiro atoms. The summed E-state index contributed by atoms with van der Waals surface area (Å²) in [5.74, 6) is -0.331. The van der Waals surface area contributed by atoms with Crippen LogP contribution in [-0.2, 0) is 11.8 Å². The van der Waals surface area contributed by atoms with Crippen LogP contribution in [-0.4, -0.2) is 38.8 Å². The molecule has 1 N–H and O–H groups in total. The highest BCUT2D eigenvalue weighted by atomic mass is 16.4. The third kappa shape index (κ3) is 3.03. The van der Waals surface area contributed by atoms with Gasteiger partial charge in [0.25, 0.3) is 0 Å². The molecule has 20 heavy (non-hydrogen) atoms. The highest BCUT2D eigenvalue weighted by molar-refractivity contribution is 5.67. The van der Waals surface area contributed by atoms with Gasteiger partial charge in [0.1, 0.15) is 0 Å². The van der Waals surface area contributed by atoms with Crippen molar-refractivity contribution in [2.45, 2.75) is 46.1 Å². The zero-order chi connectivity index (χ0) is 14.9. The minimum atomic E-state index is -0.671. The highest BCUT2D eigenvalue weighted by Crippen LogP contribution is 2.30. The molecule has 1 atom stereocenters. The maximum atomic E-state index is 10.8. The third-order valence-electron chi connectivity index (χ3n) is 4.64. The van der Waals surface area contributed by atoms with E-state index in [-0.39, 0.29) is 0 Å². The lowest BCUT2D eigenvalue weighted by molar-refractivity contribution is -0.138. The highest BCUT2D eigenvalue weighted by Gasteiger charge is 2.27. The molecule has 2 heterocycles. The van der Waals surface area contributed by atoms with Gasteiger partial charge in [0.15, 0.2) is 0 Å². The summed E-state index contributed by atoms with van der Waals surface area (Å²) < 4.78 is 1.94. The monoisotopic (exact) mass is 279 g/mol. The Balaban J connectivity index is 2.01. The number of aliphatic carboxylic acids is 1. The molecule has 1 aromatic heterocycles. The van der Waals surface area contributed by atoms with Gasteiger partial charge >= 0.3 is 5.97 Å². The lowest BCUT2D eigenvalue weighted by Gasteiger charge is -2.36. The van der Waals surface area contributed by atoms with Crippen molar-refractivity contribution in [2.24, 2.45) is 13.0 Å². The van der Waals surface area contributed by atoms with Crippen molar-refractivity contribution in [1.29, 1.82) is 0 Å². The van der Waals surface area contributed by atoms with Crippen LogP contribution < -0.4 is 0 Å². The van der Waals surface area contributed by atoms with E-state index >= 15 is 0 Å². The Bertz CT molecular complexity index is 488. The number of nitrogens with zero attached hydrogens (tertiary/aromatic N) is 3. The van der Waals surface area contributed by atoms with E-state index in [1.165, 1.54) is 11.3 Å². The van der Waals surface area contributed by atoms with Crippen molar-refractivity contribution in [3.05, 3.63) is 17.0 Å². The van der Waals surface area contributed by atoms with E-state index in [2.05, 4.69) is 30.8 Å². The smallest absolute Gasteiger partial charge is 0.303 e. The van der Waals surface area contributed by atoms with Crippen LogP contribution in [0.2, 0.25) is 0 Å². The van der Waals surface area contributed by atoms with Gasteiger partial charge in [-0.05, 0) is 52.6 Å². The molecule has 0 aliphatic carbocycles. The molecule has 1 fully saturated rings. The van der Waals surface area contributed by atoms with Crippen molar-refractivity contribution in [3.8, 4) is 0 Å². The van der Waals surface area contributed by atoms with Gasteiger partial charge in [0.05, 0.1) is 5.69 Å². The van der Waals surface area contributed by atoms with Crippen LogP contribution in [0.4, 0.5) is 0 Å². The molecule has 1 aliphatic rings. The van der Waals surface area contributed by atoms with Gasteiger partial charge in [-0.15, -0.1) is 0 Å². The maximum Gasteiger partial charge on any atom is 0.303 e. The number of carbonyl (C=O) groups is 1. The van der Waals surface area contributed by atoms with Gasteiger partial charge in [0, 0.05) is 30.8 Å². The summed E-state index contributed by atoms with van der Waals surface area (Å²) in [4.78, 5) is 13.2. The SMILES string of the molecule is Cc1nn(C)c(C)c1C(C)N1CCC(CC(=O)O)CC1. The van der Waals surface area contributed by atoms with Crippen LogP contribution in [0, 0.1) is 19.8 Å². The van der Waals surface area contributed by atoms with E-state index in [0.29, 0.717) is 18.4 Å². The Labute approximate surface area is 120 Å². The summed E-state index contributed by atoms with van der Waals surface area (Å²) in [6.07, 6.45) is 2.27. The van der Waals surface area contributed by atoms with Crippen molar-refractivity contribution in [2.75, 3.05) is 13.1 Å². The molecule has 0 amide bonds. The molecule has 112 valence electrons. The summed E-state index contributed by atoms with van der Waals surface area (Å²) in [5, 5.41) is 13.4. The molecular formula is C15H25N3O2. The normalized spacial score (nSPS) is 19.2. The van der Waals surface area contributed by atoms with E-state index in [0.717, 1.165) is 31.6 Å². The zero-order valence-electron chi connectivity index (χ0n) is 12.9. The minimum Gasteiger partial charge on any atom is -0.481 e. The number of aromatic nitrogens is 2. The first-order valence-electron chi connectivity index (χ1n) is 7.36. The molecule has 1 aromatic rings. The fourth-order valence-electron chi connectivity index (χ4n) is 3.37. The molecule has 0 radical (unpaired) electrons. The number of piperidine rings is 1. The maximum absolute atomic E-state index is 10.8. The van der Waals surface area contributed by atoms with E-state index in [1.807, 2.05) is 11.7 Å². The first kappa shape index (κ1) is 15.0. The number of carboxylic acid groups (broad SMARTS) is 1. The van der Waals surface area contributed by atoms with Crippen LogP contribution in [0.25, 0.3) is 0 Å². The van der Waals surface area contributed by atoms with E-state index in [9.17, 15) is 4.79 Å². The van der Waals surface area contributed by atoms with Gasteiger partial charge in [0.2, 0.25) is 0 Å². The van der Waals surface area contributed by atoms with Gasteiger partial charge in [-0.25, -0.2) is 0 Å². The van der Waals surface area contributed by atoms with Crippen LogP contribution >= 0.6 is 0 Å². The van der Waals surface area contributed by atoms with Gasteiger partial charge in [-0.2, -0.15) is 5.10 Å². The van der Waals surface area contributed by atoms with E-state index < -0.39 is 5.97 Å². The topological polar surface area (TPSA) is 58.4 Å². The first-order chi connectivity index (χ1) is 9.40. The lowest BCUT2D eigenvalue weighted by atomic mass is 9.92. The quantitative estimate of drug-likeness (QED) is 0.918. The number of carboxylic acids is 1. The Hall–Kier alpha value is -1.36. The van der Waals surface area contributed by atoms with Crippen molar-refractivity contribution in [1.82, 2.24) is 14.7 Å². The summed E-state index contributed by atoms with van der Waals surface area (Å²) in [5.41, 5.74) is 3.65. The molecule has 2 rings (SSSR count). The second-order valence-electron chi connectivity index (χ2n) is 5.96. The summed E-state index contributed by atoms with van der Waals surface area (Å²) in [7, 11) is 1.98. The second-order valence-corrected chi connectivity index (χ2v) is 5.96. The van der Waals surface area contributed by atoms with E-state index in [1.54, 1.807) is 0 Å². The molecule has 0 saturated carbocycles. The third-order valence-corrected chi connectivity index (χ3v) is 4.64. The van der Waals surface area contributed by atoms with Gasteiger partial charge in [-0.1, -0.05) is 0 Å². The average molecular weight is 279 g/mol. The zero-order valence-corrected chi connectivity index (χ0v) is 12.9. The molecule has 5 nitrogen and oxygen atoms in total. The second kappa shape index (κ2) is 5.95.